The van der Waals surface area contributed by atoms with Crippen molar-refractivity contribution in [3.05, 3.63) is 53.5 Å². The number of amides is 3. The average molecular weight is 398 g/mol. The van der Waals surface area contributed by atoms with Gasteiger partial charge in [0, 0.05) is 19.8 Å². The number of anilines is 1. The molecule has 3 amide bonds. The fraction of sp³-hybridized carbons (Fsp3) is 0.250. The minimum atomic E-state index is -0.215. The van der Waals surface area contributed by atoms with E-state index in [2.05, 4.69) is 15.6 Å². The molecule has 0 saturated heterocycles. The zero-order valence-electron chi connectivity index (χ0n) is 15.8. The second-order valence-electron chi connectivity index (χ2n) is 6.16. The number of aromatic nitrogens is 1. The van der Waals surface area contributed by atoms with Gasteiger partial charge in [-0.1, -0.05) is 12.1 Å². The molecule has 0 radical (unpaired) electrons. The van der Waals surface area contributed by atoms with Crippen LogP contribution in [0.15, 0.2) is 48.5 Å². The number of hydrogen-bond acceptors (Lipinski definition) is 5. The number of fused-ring (bicyclic) bond motifs is 1. The molecular weight excluding hydrogens is 376 g/mol. The topological polar surface area (TPSA) is 83.6 Å². The monoisotopic (exact) mass is 398 g/mol. The number of carbonyl (C=O) groups excluding carboxylic acids is 2. The van der Waals surface area contributed by atoms with Gasteiger partial charge in [-0.25, -0.2) is 9.78 Å². The Morgan fingerprint density at radius 3 is 2.61 bits per heavy atom. The van der Waals surface area contributed by atoms with Crippen LogP contribution in [-0.2, 0) is 11.3 Å². The van der Waals surface area contributed by atoms with Gasteiger partial charge in [0.1, 0.15) is 10.8 Å². The molecule has 1 aromatic heterocycles. The minimum Gasteiger partial charge on any atom is -0.493 e. The van der Waals surface area contributed by atoms with Crippen molar-refractivity contribution in [1.82, 2.24) is 15.2 Å². The van der Waals surface area contributed by atoms with E-state index in [0.29, 0.717) is 31.0 Å². The first-order valence-electron chi connectivity index (χ1n) is 8.85. The van der Waals surface area contributed by atoms with Crippen molar-refractivity contribution < 1.29 is 14.3 Å². The Balaban J connectivity index is 1.51. The third-order valence-corrected chi connectivity index (χ3v) is 5.06. The van der Waals surface area contributed by atoms with Gasteiger partial charge in [-0.05, 0) is 36.4 Å². The van der Waals surface area contributed by atoms with Gasteiger partial charge in [0.25, 0.3) is 0 Å². The lowest BCUT2D eigenvalue weighted by molar-refractivity contribution is -0.121. The summed E-state index contributed by atoms with van der Waals surface area (Å²) in [5.41, 5.74) is 1.61. The highest BCUT2D eigenvalue weighted by molar-refractivity contribution is 7.18. The number of hydrogen-bond donors (Lipinski definition) is 2. The van der Waals surface area contributed by atoms with E-state index in [-0.39, 0.29) is 11.9 Å². The Labute approximate surface area is 167 Å². The van der Waals surface area contributed by atoms with Crippen molar-refractivity contribution in [3.8, 4) is 5.75 Å². The lowest BCUT2D eigenvalue weighted by atomic mass is 10.3. The molecule has 3 aromatic rings. The molecule has 8 heteroatoms. The summed E-state index contributed by atoms with van der Waals surface area (Å²) in [6, 6.07) is 14.7. The molecule has 0 aliphatic rings. The maximum absolute atomic E-state index is 12.4. The van der Waals surface area contributed by atoms with E-state index in [1.165, 1.54) is 0 Å². The highest BCUT2D eigenvalue weighted by Gasteiger charge is 2.12. The molecule has 2 aromatic carbocycles. The summed E-state index contributed by atoms with van der Waals surface area (Å²) in [7, 11) is 3.32. The maximum Gasteiger partial charge on any atom is 0.321 e. The Kier molecular flexibility index (Phi) is 6.44. The third-order valence-electron chi connectivity index (χ3n) is 4.04. The number of carbonyl (C=O) groups is 2. The van der Waals surface area contributed by atoms with Crippen molar-refractivity contribution >= 4 is 39.2 Å². The fourth-order valence-electron chi connectivity index (χ4n) is 2.50. The van der Waals surface area contributed by atoms with Gasteiger partial charge >= 0.3 is 6.03 Å². The van der Waals surface area contributed by atoms with Gasteiger partial charge in [-0.15, -0.1) is 11.3 Å². The van der Waals surface area contributed by atoms with Crippen molar-refractivity contribution in [2.75, 3.05) is 26.0 Å². The average Bonchev–Trinajstić information content (AvgIpc) is 3.11. The van der Waals surface area contributed by atoms with Crippen molar-refractivity contribution in [2.45, 2.75) is 13.0 Å². The summed E-state index contributed by atoms with van der Waals surface area (Å²) >= 11 is 1.58. The smallest absolute Gasteiger partial charge is 0.321 e. The quantitative estimate of drug-likeness (QED) is 0.638. The number of para-hydroxylation sites is 1. The van der Waals surface area contributed by atoms with Gasteiger partial charge in [0.05, 0.1) is 29.8 Å². The summed E-state index contributed by atoms with van der Waals surface area (Å²) in [5, 5.41) is 6.28. The summed E-state index contributed by atoms with van der Waals surface area (Å²) < 4.78 is 6.61. The van der Waals surface area contributed by atoms with Crippen LogP contribution in [0.2, 0.25) is 0 Å². The van der Waals surface area contributed by atoms with Crippen LogP contribution in [0.5, 0.6) is 5.75 Å². The predicted molar refractivity (Wildman–Crippen MR) is 111 cm³/mol. The van der Waals surface area contributed by atoms with E-state index in [9.17, 15) is 9.59 Å². The molecule has 0 spiro atoms. The van der Waals surface area contributed by atoms with Gasteiger partial charge in [-0.2, -0.15) is 0 Å². The summed E-state index contributed by atoms with van der Waals surface area (Å²) in [5.74, 6) is 0.574. The number of rotatable bonds is 7. The van der Waals surface area contributed by atoms with E-state index in [4.69, 9.17) is 4.74 Å². The predicted octanol–water partition coefficient (Wildman–Crippen LogP) is 3.48. The Bertz CT molecular complexity index is 922. The first-order chi connectivity index (χ1) is 13.5. The minimum absolute atomic E-state index is 0.0694. The van der Waals surface area contributed by atoms with Crippen molar-refractivity contribution in [2.24, 2.45) is 0 Å². The molecule has 0 bridgehead atoms. The zero-order valence-corrected chi connectivity index (χ0v) is 16.6. The summed E-state index contributed by atoms with van der Waals surface area (Å²) in [4.78, 5) is 29.7. The maximum atomic E-state index is 12.4. The molecule has 28 heavy (non-hydrogen) atoms. The molecule has 1 heterocycles. The molecule has 0 aliphatic carbocycles. The lowest BCUT2D eigenvalue weighted by Crippen LogP contribution is -2.30. The van der Waals surface area contributed by atoms with Gasteiger partial charge in [-0.3, -0.25) is 4.79 Å². The van der Waals surface area contributed by atoms with Crippen LogP contribution < -0.4 is 15.4 Å². The van der Waals surface area contributed by atoms with Crippen molar-refractivity contribution in [3.63, 3.8) is 0 Å². The highest BCUT2D eigenvalue weighted by Crippen LogP contribution is 2.22. The van der Waals surface area contributed by atoms with E-state index in [0.717, 1.165) is 15.2 Å². The van der Waals surface area contributed by atoms with Gasteiger partial charge in [0.2, 0.25) is 5.91 Å². The Morgan fingerprint density at radius 2 is 1.89 bits per heavy atom. The van der Waals surface area contributed by atoms with Crippen molar-refractivity contribution in [1.29, 1.82) is 0 Å². The molecule has 0 saturated carbocycles. The number of nitrogens with zero attached hydrogens (tertiary/aromatic N) is 2. The third kappa shape index (κ3) is 5.20. The second-order valence-corrected chi connectivity index (χ2v) is 7.27. The largest absolute Gasteiger partial charge is 0.493 e. The first-order valence-corrected chi connectivity index (χ1v) is 9.67. The van der Waals surface area contributed by atoms with Gasteiger partial charge < -0.3 is 20.3 Å². The first kappa shape index (κ1) is 19.6. The molecular formula is C20H22N4O3S. The molecule has 0 aliphatic heterocycles. The molecule has 0 unspecified atom stereocenters. The van der Waals surface area contributed by atoms with E-state index in [1.807, 2.05) is 24.3 Å². The molecule has 146 valence electrons. The number of urea groups is 1. The highest BCUT2D eigenvalue weighted by atomic mass is 32.1. The Morgan fingerprint density at radius 1 is 1.14 bits per heavy atom. The van der Waals surface area contributed by atoms with E-state index in [1.54, 1.807) is 54.6 Å². The molecule has 0 atom stereocenters. The van der Waals surface area contributed by atoms with Crippen LogP contribution in [0.1, 0.15) is 11.4 Å². The van der Waals surface area contributed by atoms with E-state index < -0.39 is 0 Å². The van der Waals surface area contributed by atoms with Crippen LogP contribution in [0.25, 0.3) is 10.2 Å². The van der Waals surface area contributed by atoms with Crippen LogP contribution >= 0.6 is 11.3 Å². The zero-order chi connectivity index (χ0) is 19.9. The van der Waals surface area contributed by atoms with Crippen LogP contribution in [0, 0.1) is 0 Å². The Hall–Kier alpha value is -3.13. The fourth-order valence-corrected chi connectivity index (χ4v) is 3.52. The molecule has 3 rings (SSSR count). The number of nitrogens with one attached hydrogen (secondary N) is 2. The normalized spacial score (nSPS) is 10.5. The molecule has 7 nitrogen and oxygen atoms in total. The van der Waals surface area contributed by atoms with Gasteiger partial charge in [0.15, 0.2) is 0 Å². The number of benzene rings is 2. The number of thiazole rings is 1. The summed E-state index contributed by atoms with van der Waals surface area (Å²) in [6.45, 7) is 0.738. The number of ether oxygens (including phenoxy) is 1. The second kappa shape index (κ2) is 9.18. The van der Waals surface area contributed by atoms with E-state index >= 15 is 0 Å². The molecule has 0 fully saturated rings. The SMILES string of the molecule is CNC(=O)CCOc1ccc(NC(=O)N(C)Cc2nc3ccccc3s2)cc1. The lowest BCUT2D eigenvalue weighted by Gasteiger charge is -2.16. The van der Waals surface area contributed by atoms with Crippen LogP contribution in [0.3, 0.4) is 0 Å². The van der Waals surface area contributed by atoms with Crippen LogP contribution in [0.4, 0.5) is 10.5 Å². The summed E-state index contributed by atoms with van der Waals surface area (Å²) in [6.07, 6.45) is 0.297. The molecule has 2 N–H and O–H groups in total. The van der Waals surface area contributed by atoms with Crippen LogP contribution in [-0.4, -0.2) is 42.5 Å². The standard InChI is InChI=1S/C20H22N4O3S/c1-21-18(25)11-12-27-15-9-7-14(8-10-15)22-20(26)24(2)13-19-23-16-5-3-4-6-17(16)28-19/h3-10H,11-13H2,1-2H3,(H,21,25)(H,22,26).